The van der Waals surface area contributed by atoms with E-state index in [0.29, 0.717) is 0 Å². The molecule has 0 bridgehead atoms. The smallest absolute Gasteiger partial charge is 0.207 e. The molecule has 0 aliphatic carbocycles. The average molecular weight is 126 g/mol. The van der Waals surface area contributed by atoms with Crippen LogP contribution in [0, 0.1) is 0 Å². The van der Waals surface area contributed by atoms with Gasteiger partial charge in [-0.3, -0.25) is 0 Å². The molecular formula is C6H8NS+. The van der Waals surface area contributed by atoms with Gasteiger partial charge in [0.05, 0.1) is 5.38 Å². The number of rotatable bonds is 1. The lowest BCUT2D eigenvalue weighted by Gasteiger charge is -1.81. The van der Waals surface area contributed by atoms with Crippen molar-refractivity contribution in [1.82, 2.24) is 0 Å². The molecule has 0 unspecified atom stereocenters. The Morgan fingerprint density at radius 2 is 2.50 bits per heavy atom. The van der Waals surface area contributed by atoms with Gasteiger partial charge in [0.15, 0.2) is 0 Å². The van der Waals surface area contributed by atoms with Crippen molar-refractivity contribution in [2.75, 3.05) is 7.05 Å². The number of nitrogens with zero attached hydrogens (tertiary/aromatic N) is 1. The zero-order chi connectivity index (χ0) is 5.98. The fourth-order valence-electron chi connectivity index (χ4n) is 0.474. The van der Waals surface area contributed by atoms with Crippen molar-refractivity contribution in [2.45, 2.75) is 0 Å². The molecule has 1 nitrogen and oxygen atoms in total. The molecule has 0 N–H and O–H groups in total. The summed E-state index contributed by atoms with van der Waals surface area (Å²) < 4.78 is 1.84. The fraction of sp³-hybridized carbons (Fsp3) is 0.167. The van der Waals surface area contributed by atoms with Crippen molar-refractivity contribution < 1.29 is 4.58 Å². The van der Waals surface area contributed by atoms with Gasteiger partial charge < -0.3 is 0 Å². The summed E-state index contributed by atoms with van der Waals surface area (Å²) in [6.45, 7) is 3.72. The van der Waals surface area contributed by atoms with Gasteiger partial charge in [0.1, 0.15) is 13.8 Å². The summed E-state index contributed by atoms with van der Waals surface area (Å²) in [5.41, 5.74) is 1.18. The van der Waals surface area contributed by atoms with Crippen LogP contribution in [-0.2, 0) is 0 Å². The van der Waals surface area contributed by atoms with Gasteiger partial charge in [-0.25, -0.2) is 4.58 Å². The molecule has 0 aliphatic rings. The number of hydrogen-bond acceptors (Lipinski definition) is 1. The van der Waals surface area contributed by atoms with E-state index in [1.807, 2.05) is 23.1 Å². The SMILES string of the molecule is C=[N+](C)c1ccsc1. The maximum absolute atomic E-state index is 3.72. The van der Waals surface area contributed by atoms with Crippen molar-refractivity contribution in [3.63, 3.8) is 0 Å². The normalized spacial score (nSPS) is 9.12. The summed E-state index contributed by atoms with van der Waals surface area (Å²) >= 11 is 1.69. The highest BCUT2D eigenvalue weighted by Gasteiger charge is 1.95. The Morgan fingerprint density at radius 1 is 1.75 bits per heavy atom. The fourth-order valence-corrected chi connectivity index (χ4v) is 1.17. The lowest BCUT2D eigenvalue weighted by atomic mass is 10.5. The van der Waals surface area contributed by atoms with Crippen LogP contribution in [0.2, 0.25) is 0 Å². The van der Waals surface area contributed by atoms with Crippen LogP contribution >= 0.6 is 11.3 Å². The first kappa shape index (κ1) is 5.51. The maximum Gasteiger partial charge on any atom is 0.215 e. The van der Waals surface area contributed by atoms with Gasteiger partial charge in [0.25, 0.3) is 0 Å². The third kappa shape index (κ3) is 0.954. The minimum absolute atomic E-state index is 1.18. The van der Waals surface area contributed by atoms with E-state index in [1.165, 1.54) is 5.69 Å². The Kier molecular flexibility index (Phi) is 1.44. The van der Waals surface area contributed by atoms with Gasteiger partial charge in [0.2, 0.25) is 5.69 Å². The second-order valence-electron chi connectivity index (χ2n) is 1.68. The zero-order valence-electron chi connectivity index (χ0n) is 4.79. The van der Waals surface area contributed by atoms with Crippen LogP contribution < -0.4 is 0 Å². The standard InChI is InChI=1S/C6H8NS/c1-7(2)6-3-4-8-5-6/h3-5H,1H2,2H3/q+1. The molecule has 1 heterocycles. The number of hydrogen-bond donors (Lipinski definition) is 0. The zero-order valence-corrected chi connectivity index (χ0v) is 5.61. The van der Waals surface area contributed by atoms with Gasteiger partial charge in [0, 0.05) is 6.07 Å². The van der Waals surface area contributed by atoms with Crippen LogP contribution in [0.4, 0.5) is 5.69 Å². The van der Waals surface area contributed by atoms with Crippen LogP contribution in [-0.4, -0.2) is 18.3 Å². The van der Waals surface area contributed by atoms with Crippen molar-refractivity contribution in [1.29, 1.82) is 0 Å². The van der Waals surface area contributed by atoms with E-state index in [0.717, 1.165) is 0 Å². The molecule has 8 heavy (non-hydrogen) atoms. The predicted molar refractivity (Wildman–Crippen MR) is 37.3 cm³/mol. The van der Waals surface area contributed by atoms with Crippen molar-refractivity contribution >= 4 is 23.7 Å². The highest BCUT2D eigenvalue weighted by molar-refractivity contribution is 7.08. The van der Waals surface area contributed by atoms with Crippen LogP contribution in [0.5, 0.6) is 0 Å². The molecule has 0 spiro atoms. The van der Waals surface area contributed by atoms with E-state index in [4.69, 9.17) is 0 Å². The molecule has 2 heteroatoms. The first-order valence-electron chi connectivity index (χ1n) is 2.37. The second-order valence-corrected chi connectivity index (χ2v) is 2.46. The maximum atomic E-state index is 3.72. The Bertz CT molecular complexity index is 176. The quantitative estimate of drug-likeness (QED) is 0.398. The van der Waals surface area contributed by atoms with Crippen molar-refractivity contribution in [3.8, 4) is 0 Å². The lowest BCUT2D eigenvalue weighted by molar-refractivity contribution is -0.394. The van der Waals surface area contributed by atoms with E-state index in [9.17, 15) is 0 Å². The minimum Gasteiger partial charge on any atom is -0.207 e. The summed E-state index contributed by atoms with van der Waals surface area (Å²) in [5, 5.41) is 4.10. The second kappa shape index (κ2) is 2.09. The van der Waals surface area contributed by atoms with Crippen molar-refractivity contribution in [2.24, 2.45) is 0 Å². The van der Waals surface area contributed by atoms with Gasteiger partial charge >= 0.3 is 0 Å². The predicted octanol–water partition coefficient (Wildman–Crippen LogP) is 1.72. The molecule has 0 fully saturated rings. The molecule has 0 saturated carbocycles. The molecule has 1 aromatic rings. The van der Waals surface area contributed by atoms with Crippen LogP contribution in [0.1, 0.15) is 0 Å². The highest BCUT2D eigenvalue weighted by atomic mass is 32.1. The number of thiophene rings is 1. The monoisotopic (exact) mass is 126 g/mol. The molecule has 0 amide bonds. The van der Waals surface area contributed by atoms with E-state index in [-0.39, 0.29) is 0 Å². The molecule has 0 aliphatic heterocycles. The largest absolute Gasteiger partial charge is 0.215 e. The van der Waals surface area contributed by atoms with E-state index < -0.39 is 0 Å². The Balaban J connectivity index is 2.93. The molecule has 0 saturated heterocycles. The van der Waals surface area contributed by atoms with Crippen LogP contribution in [0.15, 0.2) is 16.8 Å². The molecular weight excluding hydrogens is 118 g/mol. The summed E-state index contributed by atoms with van der Waals surface area (Å²) in [6, 6.07) is 2.04. The third-order valence-corrected chi connectivity index (χ3v) is 1.62. The van der Waals surface area contributed by atoms with Crippen LogP contribution in [0.25, 0.3) is 0 Å². The first-order valence-corrected chi connectivity index (χ1v) is 3.31. The van der Waals surface area contributed by atoms with Crippen LogP contribution in [0.3, 0.4) is 0 Å². The molecule has 0 aromatic carbocycles. The summed E-state index contributed by atoms with van der Waals surface area (Å²) in [5.74, 6) is 0. The van der Waals surface area contributed by atoms with Crippen molar-refractivity contribution in [3.05, 3.63) is 16.8 Å². The minimum atomic E-state index is 1.18. The van der Waals surface area contributed by atoms with Gasteiger partial charge in [-0.1, -0.05) is 0 Å². The Morgan fingerprint density at radius 3 is 2.75 bits per heavy atom. The molecule has 1 rings (SSSR count). The molecule has 0 atom stereocenters. The summed E-state index contributed by atoms with van der Waals surface area (Å²) in [7, 11) is 1.93. The molecule has 1 aromatic heterocycles. The molecule has 42 valence electrons. The Labute approximate surface area is 52.9 Å². The van der Waals surface area contributed by atoms with Gasteiger partial charge in [-0.05, 0) is 5.38 Å². The van der Waals surface area contributed by atoms with Gasteiger partial charge in [-0.15, -0.1) is 11.3 Å². The third-order valence-electron chi connectivity index (χ3n) is 0.947. The molecule has 0 radical (unpaired) electrons. The lowest BCUT2D eigenvalue weighted by Crippen LogP contribution is -1.87. The van der Waals surface area contributed by atoms with Gasteiger partial charge in [-0.2, -0.15) is 0 Å². The first-order chi connectivity index (χ1) is 3.80. The summed E-state index contributed by atoms with van der Waals surface area (Å²) in [4.78, 5) is 0. The topological polar surface area (TPSA) is 3.01 Å². The van der Waals surface area contributed by atoms with E-state index in [1.54, 1.807) is 11.3 Å². The van der Waals surface area contributed by atoms with E-state index in [2.05, 4.69) is 12.1 Å². The average Bonchev–Trinajstić information content (AvgIpc) is 2.12. The highest BCUT2D eigenvalue weighted by Crippen LogP contribution is 2.12. The Hall–Kier alpha value is -0.630. The summed E-state index contributed by atoms with van der Waals surface area (Å²) in [6.07, 6.45) is 0. The van der Waals surface area contributed by atoms with E-state index >= 15 is 0 Å².